The van der Waals surface area contributed by atoms with Gasteiger partial charge in [-0.25, -0.2) is 13.8 Å². The summed E-state index contributed by atoms with van der Waals surface area (Å²) >= 11 is 0.977. The zero-order valence-electron chi connectivity index (χ0n) is 18.5. The first-order chi connectivity index (χ1) is 16.2. The Bertz CT molecular complexity index is 1220. The van der Waals surface area contributed by atoms with Crippen LogP contribution in [0.5, 0.6) is 0 Å². The van der Waals surface area contributed by atoms with Crippen LogP contribution in [0.1, 0.15) is 41.4 Å². The summed E-state index contributed by atoms with van der Waals surface area (Å²) in [5.74, 6) is -1.85. The number of nitrogens with two attached hydrogens (primary N) is 1. The van der Waals surface area contributed by atoms with Gasteiger partial charge in [-0.2, -0.15) is 0 Å². The van der Waals surface area contributed by atoms with Crippen LogP contribution in [0, 0.1) is 11.6 Å². The number of rotatable bonds is 8. The molecule has 1 atom stereocenters. The number of benzene rings is 1. The number of carbonyl (C=O) groups is 2. The lowest BCUT2D eigenvalue weighted by atomic mass is 10.0. The lowest BCUT2D eigenvalue weighted by Crippen LogP contribution is -2.24. The van der Waals surface area contributed by atoms with E-state index in [4.69, 9.17) is 5.73 Å². The SMILES string of the molecule is CC(O)Cc1cc(F)c(-c2cc(C(N)=O)c(Nc3cccc(CN4CCCC4=O)n3)s2)c(F)c1. The average molecular weight is 487 g/mol. The van der Waals surface area contributed by atoms with Gasteiger partial charge < -0.3 is 21.1 Å². The van der Waals surface area contributed by atoms with Gasteiger partial charge >= 0.3 is 0 Å². The molecule has 0 spiro atoms. The Morgan fingerprint density at radius 1 is 1.29 bits per heavy atom. The lowest BCUT2D eigenvalue weighted by Gasteiger charge is -2.15. The van der Waals surface area contributed by atoms with E-state index in [0.717, 1.165) is 17.8 Å². The number of hydrogen-bond donors (Lipinski definition) is 3. The van der Waals surface area contributed by atoms with Crippen LogP contribution in [0.4, 0.5) is 19.6 Å². The van der Waals surface area contributed by atoms with Crippen molar-refractivity contribution in [3.05, 3.63) is 64.9 Å². The molecule has 1 aliphatic rings. The number of likely N-dealkylation sites (tertiary alicyclic amines) is 1. The number of amides is 2. The second-order valence-electron chi connectivity index (χ2n) is 8.26. The Hall–Kier alpha value is -3.37. The number of aromatic nitrogens is 1. The molecular weight excluding hydrogens is 462 g/mol. The van der Waals surface area contributed by atoms with Crippen molar-refractivity contribution in [3.63, 3.8) is 0 Å². The van der Waals surface area contributed by atoms with E-state index in [0.29, 0.717) is 41.6 Å². The van der Waals surface area contributed by atoms with Crippen molar-refractivity contribution < 1.29 is 23.5 Å². The Kier molecular flexibility index (Phi) is 6.90. The second-order valence-corrected chi connectivity index (χ2v) is 9.32. The summed E-state index contributed by atoms with van der Waals surface area (Å²) in [5, 5.41) is 12.8. The van der Waals surface area contributed by atoms with Crippen molar-refractivity contribution in [3.8, 4) is 10.4 Å². The van der Waals surface area contributed by atoms with Crippen LogP contribution in [0.15, 0.2) is 36.4 Å². The zero-order valence-corrected chi connectivity index (χ0v) is 19.3. The molecule has 2 aromatic heterocycles. The van der Waals surface area contributed by atoms with Crippen LogP contribution in [0.2, 0.25) is 0 Å². The molecule has 1 aromatic carbocycles. The van der Waals surface area contributed by atoms with Crippen LogP contribution in [-0.4, -0.2) is 39.5 Å². The third kappa shape index (κ3) is 5.23. The molecule has 1 aliphatic heterocycles. The molecule has 10 heteroatoms. The molecular formula is C24H24F2N4O3S. The van der Waals surface area contributed by atoms with Gasteiger partial charge in [0, 0.05) is 17.8 Å². The number of nitrogens with one attached hydrogen (secondary N) is 1. The van der Waals surface area contributed by atoms with Gasteiger partial charge in [-0.3, -0.25) is 9.59 Å². The molecule has 1 saturated heterocycles. The summed E-state index contributed by atoms with van der Waals surface area (Å²) in [7, 11) is 0. The molecule has 178 valence electrons. The third-order valence-corrected chi connectivity index (χ3v) is 6.52. The highest BCUT2D eigenvalue weighted by Crippen LogP contribution is 2.39. The van der Waals surface area contributed by atoms with Crippen molar-refractivity contribution in [2.45, 2.75) is 38.8 Å². The molecule has 34 heavy (non-hydrogen) atoms. The Morgan fingerprint density at radius 3 is 2.65 bits per heavy atom. The quantitative estimate of drug-likeness (QED) is 0.446. The first-order valence-electron chi connectivity index (χ1n) is 10.8. The Morgan fingerprint density at radius 2 is 2.03 bits per heavy atom. The molecule has 0 saturated carbocycles. The smallest absolute Gasteiger partial charge is 0.251 e. The molecule has 2 amide bonds. The Balaban J connectivity index is 1.62. The zero-order chi connectivity index (χ0) is 24.4. The summed E-state index contributed by atoms with van der Waals surface area (Å²) in [6.07, 6.45) is 0.730. The van der Waals surface area contributed by atoms with Gasteiger partial charge in [0.1, 0.15) is 22.5 Å². The molecule has 0 radical (unpaired) electrons. The normalized spacial score (nSPS) is 14.5. The maximum absolute atomic E-state index is 14.8. The number of anilines is 2. The standard InChI is InChI=1S/C24H24F2N4O3S/c1-13(31)8-14-9-17(25)22(18(26)10-14)19-11-16(23(27)33)24(34-19)29-20-5-2-4-15(28-20)12-30-7-3-6-21(30)32/h2,4-5,9-11,13,31H,3,6-8,12H2,1H3,(H2,27,33)(H,28,29). The van der Waals surface area contributed by atoms with Crippen molar-refractivity contribution in [1.82, 2.24) is 9.88 Å². The van der Waals surface area contributed by atoms with E-state index < -0.39 is 23.6 Å². The number of aliphatic hydroxyl groups excluding tert-OH is 1. The van der Waals surface area contributed by atoms with Crippen molar-refractivity contribution in [1.29, 1.82) is 0 Å². The van der Waals surface area contributed by atoms with Gasteiger partial charge in [0.05, 0.1) is 29.5 Å². The maximum atomic E-state index is 14.8. The molecule has 4 N–H and O–H groups in total. The highest BCUT2D eigenvalue weighted by molar-refractivity contribution is 7.20. The van der Waals surface area contributed by atoms with Crippen LogP contribution >= 0.6 is 11.3 Å². The predicted molar refractivity (Wildman–Crippen MR) is 126 cm³/mol. The highest BCUT2D eigenvalue weighted by Gasteiger charge is 2.22. The van der Waals surface area contributed by atoms with Crippen LogP contribution < -0.4 is 11.1 Å². The van der Waals surface area contributed by atoms with E-state index in [9.17, 15) is 23.5 Å². The monoisotopic (exact) mass is 486 g/mol. The largest absolute Gasteiger partial charge is 0.393 e. The molecule has 0 aliphatic carbocycles. The number of pyridine rings is 1. The number of hydrogen-bond acceptors (Lipinski definition) is 6. The van der Waals surface area contributed by atoms with Gasteiger partial charge in [0.25, 0.3) is 5.91 Å². The fourth-order valence-corrected chi connectivity index (χ4v) is 5.05. The summed E-state index contributed by atoms with van der Waals surface area (Å²) in [5.41, 5.74) is 6.32. The van der Waals surface area contributed by atoms with Crippen molar-refractivity contribution in [2.24, 2.45) is 5.73 Å². The number of nitrogens with zero attached hydrogens (tertiary/aromatic N) is 2. The number of primary amides is 1. The summed E-state index contributed by atoms with van der Waals surface area (Å²) in [6, 6.07) is 8.94. The fraction of sp³-hybridized carbons (Fsp3) is 0.292. The summed E-state index contributed by atoms with van der Waals surface area (Å²) in [6.45, 7) is 2.60. The number of halogens is 2. The fourth-order valence-electron chi connectivity index (χ4n) is 3.93. The van der Waals surface area contributed by atoms with Crippen LogP contribution in [-0.2, 0) is 17.8 Å². The highest BCUT2D eigenvalue weighted by atomic mass is 32.1. The number of carbonyl (C=O) groups excluding carboxylic acids is 2. The molecule has 7 nitrogen and oxygen atoms in total. The molecule has 3 aromatic rings. The first kappa shape index (κ1) is 23.8. The molecule has 1 fully saturated rings. The van der Waals surface area contributed by atoms with E-state index in [2.05, 4.69) is 10.3 Å². The predicted octanol–water partition coefficient (Wildman–Crippen LogP) is 3.98. The Labute approximate surface area is 199 Å². The number of thiophene rings is 1. The van der Waals surface area contributed by atoms with Gasteiger partial charge in [0.2, 0.25) is 5.91 Å². The second kappa shape index (κ2) is 9.86. The topological polar surface area (TPSA) is 109 Å². The summed E-state index contributed by atoms with van der Waals surface area (Å²) < 4.78 is 29.6. The van der Waals surface area contributed by atoms with E-state index >= 15 is 0 Å². The first-order valence-corrected chi connectivity index (χ1v) is 11.6. The third-order valence-electron chi connectivity index (χ3n) is 5.45. The maximum Gasteiger partial charge on any atom is 0.251 e. The van der Waals surface area contributed by atoms with E-state index in [1.807, 2.05) is 0 Å². The van der Waals surface area contributed by atoms with Crippen molar-refractivity contribution in [2.75, 3.05) is 11.9 Å². The van der Waals surface area contributed by atoms with Crippen LogP contribution in [0.3, 0.4) is 0 Å². The molecule has 1 unspecified atom stereocenters. The average Bonchev–Trinajstić information content (AvgIpc) is 3.34. The molecule has 3 heterocycles. The lowest BCUT2D eigenvalue weighted by molar-refractivity contribution is -0.128. The summed E-state index contributed by atoms with van der Waals surface area (Å²) in [4.78, 5) is 30.4. The van der Waals surface area contributed by atoms with E-state index in [-0.39, 0.29) is 28.3 Å². The van der Waals surface area contributed by atoms with Gasteiger partial charge in [0.15, 0.2) is 0 Å². The minimum atomic E-state index is -0.796. The molecule has 0 bridgehead atoms. The van der Waals surface area contributed by atoms with Gasteiger partial charge in [-0.05, 0) is 55.7 Å². The minimum Gasteiger partial charge on any atom is -0.393 e. The minimum absolute atomic E-state index is 0.0776. The van der Waals surface area contributed by atoms with Gasteiger partial charge in [-0.1, -0.05) is 6.07 Å². The van der Waals surface area contributed by atoms with E-state index in [1.165, 1.54) is 25.1 Å². The molecule has 4 rings (SSSR count). The van der Waals surface area contributed by atoms with E-state index in [1.54, 1.807) is 23.1 Å². The van der Waals surface area contributed by atoms with Crippen LogP contribution in [0.25, 0.3) is 10.4 Å². The number of aliphatic hydroxyl groups is 1. The van der Waals surface area contributed by atoms with Crippen molar-refractivity contribution >= 4 is 34.0 Å². The van der Waals surface area contributed by atoms with Gasteiger partial charge in [-0.15, -0.1) is 11.3 Å².